The van der Waals surface area contributed by atoms with Gasteiger partial charge in [-0.3, -0.25) is 0 Å². The minimum absolute atomic E-state index is 0.194. The Hall–Kier alpha value is -2.44. The number of phenolic OH excluding ortho intramolecular Hbond substituents is 2. The van der Waals surface area contributed by atoms with Crippen molar-refractivity contribution in [2.45, 2.75) is 50.9 Å². The number of methoxy groups -OCH3 is 2. The van der Waals surface area contributed by atoms with Crippen LogP contribution in [0.25, 0.3) is 0 Å². The Morgan fingerprint density at radius 2 is 1.21 bits per heavy atom. The maximum Gasteiger partial charge on any atom is 0.162 e. The Labute approximate surface area is 166 Å². The number of rotatable bonds is 8. The van der Waals surface area contributed by atoms with E-state index in [0.717, 1.165) is 24.0 Å². The average Bonchev–Trinajstić information content (AvgIpc) is 2.73. The van der Waals surface area contributed by atoms with Gasteiger partial charge in [-0.1, -0.05) is 37.1 Å². The molecule has 0 heterocycles. The molecule has 3 rings (SSSR count). The summed E-state index contributed by atoms with van der Waals surface area (Å²) in [6.45, 7) is 1.16. The first kappa shape index (κ1) is 20.3. The Morgan fingerprint density at radius 1 is 0.786 bits per heavy atom. The van der Waals surface area contributed by atoms with E-state index in [2.05, 4.69) is 10.6 Å². The fourth-order valence-electron chi connectivity index (χ4n) is 3.85. The second kappa shape index (κ2) is 9.66. The van der Waals surface area contributed by atoms with Crippen molar-refractivity contribution >= 4 is 0 Å². The number of ether oxygens (including phenoxy) is 2. The van der Waals surface area contributed by atoms with Crippen LogP contribution in [0.5, 0.6) is 23.0 Å². The lowest BCUT2D eigenvalue weighted by Crippen LogP contribution is -2.49. The van der Waals surface area contributed by atoms with Crippen LogP contribution in [0.3, 0.4) is 0 Å². The summed E-state index contributed by atoms with van der Waals surface area (Å²) >= 11 is 0. The van der Waals surface area contributed by atoms with Gasteiger partial charge in [0.25, 0.3) is 0 Å². The molecular formula is C22H30N2O4. The number of phenols is 2. The zero-order valence-corrected chi connectivity index (χ0v) is 16.6. The van der Waals surface area contributed by atoms with E-state index in [1.54, 1.807) is 26.4 Å². The second-order valence-corrected chi connectivity index (χ2v) is 7.20. The topological polar surface area (TPSA) is 83.0 Å². The van der Waals surface area contributed by atoms with Crippen molar-refractivity contribution in [3.05, 3.63) is 47.5 Å². The standard InChI is InChI=1S/C22H30N2O4/c1-27-19-11-5-7-15(21(19)25)13-23-17-9-3-4-10-18(17)24-14-16-8-6-12-20(28-2)22(16)26/h5-8,11-12,17-18,23-26H,3-4,9-10,13-14H2,1-2H3. The van der Waals surface area contributed by atoms with E-state index in [0.29, 0.717) is 36.7 Å². The lowest BCUT2D eigenvalue weighted by atomic mass is 9.90. The number of benzene rings is 2. The van der Waals surface area contributed by atoms with Gasteiger partial charge in [0.15, 0.2) is 23.0 Å². The Balaban J connectivity index is 1.61. The zero-order chi connectivity index (χ0) is 19.9. The molecule has 0 radical (unpaired) electrons. The summed E-state index contributed by atoms with van der Waals surface area (Å²) in [6, 6.07) is 11.7. The molecule has 28 heavy (non-hydrogen) atoms. The predicted molar refractivity (Wildman–Crippen MR) is 109 cm³/mol. The monoisotopic (exact) mass is 386 g/mol. The molecule has 0 aliphatic heterocycles. The van der Waals surface area contributed by atoms with Crippen molar-refractivity contribution in [1.82, 2.24) is 10.6 Å². The third-order valence-electron chi connectivity index (χ3n) is 5.48. The molecule has 2 atom stereocenters. The van der Waals surface area contributed by atoms with E-state index in [-0.39, 0.29) is 11.5 Å². The van der Waals surface area contributed by atoms with Crippen molar-refractivity contribution in [1.29, 1.82) is 0 Å². The zero-order valence-electron chi connectivity index (χ0n) is 16.6. The lowest BCUT2D eigenvalue weighted by Gasteiger charge is -2.33. The molecule has 6 nitrogen and oxygen atoms in total. The second-order valence-electron chi connectivity index (χ2n) is 7.20. The fourth-order valence-corrected chi connectivity index (χ4v) is 3.85. The summed E-state index contributed by atoms with van der Waals surface area (Å²) in [6.07, 6.45) is 4.52. The van der Waals surface area contributed by atoms with Crippen LogP contribution < -0.4 is 20.1 Å². The summed E-state index contributed by atoms with van der Waals surface area (Å²) in [4.78, 5) is 0. The minimum atomic E-state index is 0.194. The van der Waals surface area contributed by atoms with E-state index in [1.165, 1.54) is 12.8 Å². The maximum absolute atomic E-state index is 10.3. The van der Waals surface area contributed by atoms with Gasteiger partial charge in [-0.2, -0.15) is 0 Å². The van der Waals surface area contributed by atoms with E-state index in [4.69, 9.17) is 9.47 Å². The number of nitrogens with one attached hydrogen (secondary N) is 2. The van der Waals surface area contributed by atoms with Gasteiger partial charge in [-0.05, 0) is 25.0 Å². The smallest absolute Gasteiger partial charge is 0.162 e. The Morgan fingerprint density at radius 3 is 1.61 bits per heavy atom. The van der Waals surface area contributed by atoms with E-state index < -0.39 is 0 Å². The summed E-state index contributed by atoms with van der Waals surface area (Å²) in [5.74, 6) is 1.37. The van der Waals surface area contributed by atoms with Gasteiger partial charge in [0.2, 0.25) is 0 Å². The van der Waals surface area contributed by atoms with Crippen LogP contribution in [-0.2, 0) is 13.1 Å². The molecule has 6 heteroatoms. The van der Waals surface area contributed by atoms with Crippen LogP contribution in [0.1, 0.15) is 36.8 Å². The van der Waals surface area contributed by atoms with Gasteiger partial charge < -0.3 is 30.3 Å². The highest BCUT2D eigenvalue weighted by Gasteiger charge is 2.25. The van der Waals surface area contributed by atoms with Gasteiger partial charge in [-0.15, -0.1) is 0 Å². The van der Waals surface area contributed by atoms with Gasteiger partial charge >= 0.3 is 0 Å². The molecule has 2 aromatic rings. The van der Waals surface area contributed by atoms with Gasteiger partial charge in [0.05, 0.1) is 14.2 Å². The number of para-hydroxylation sites is 2. The summed E-state index contributed by atoms with van der Waals surface area (Å²) in [5.41, 5.74) is 1.66. The molecular weight excluding hydrogens is 356 g/mol. The molecule has 1 saturated carbocycles. The van der Waals surface area contributed by atoms with Crippen LogP contribution in [0.15, 0.2) is 36.4 Å². The summed E-state index contributed by atoms with van der Waals surface area (Å²) in [7, 11) is 3.11. The van der Waals surface area contributed by atoms with Crippen LogP contribution >= 0.6 is 0 Å². The SMILES string of the molecule is COc1cccc(CNC2CCCCC2NCc2cccc(OC)c2O)c1O. The normalized spacial score (nSPS) is 19.4. The van der Waals surface area contributed by atoms with Crippen LogP contribution in [-0.4, -0.2) is 36.5 Å². The molecule has 2 aromatic carbocycles. The van der Waals surface area contributed by atoms with Crippen LogP contribution in [0.2, 0.25) is 0 Å². The molecule has 0 bridgehead atoms. The molecule has 4 N–H and O–H groups in total. The predicted octanol–water partition coefficient (Wildman–Crippen LogP) is 3.31. The molecule has 0 aromatic heterocycles. The van der Waals surface area contributed by atoms with Crippen molar-refractivity contribution in [3.63, 3.8) is 0 Å². The molecule has 152 valence electrons. The highest BCUT2D eigenvalue weighted by molar-refractivity contribution is 5.46. The Kier molecular flexibility index (Phi) is 7.01. The van der Waals surface area contributed by atoms with E-state index in [9.17, 15) is 10.2 Å². The van der Waals surface area contributed by atoms with Crippen molar-refractivity contribution < 1.29 is 19.7 Å². The molecule has 1 aliphatic carbocycles. The molecule has 1 aliphatic rings. The highest BCUT2D eigenvalue weighted by Crippen LogP contribution is 2.31. The number of hydrogen-bond donors (Lipinski definition) is 4. The highest BCUT2D eigenvalue weighted by atomic mass is 16.5. The molecule has 1 fully saturated rings. The third-order valence-corrected chi connectivity index (χ3v) is 5.48. The molecule has 0 spiro atoms. The van der Waals surface area contributed by atoms with E-state index in [1.807, 2.05) is 24.3 Å². The average molecular weight is 386 g/mol. The largest absolute Gasteiger partial charge is 0.504 e. The van der Waals surface area contributed by atoms with Crippen molar-refractivity contribution in [3.8, 4) is 23.0 Å². The summed E-state index contributed by atoms with van der Waals surface area (Å²) < 4.78 is 10.4. The number of hydrogen-bond acceptors (Lipinski definition) is 6. The Bertz CT molecular complexity index is 716. The van der Waals surface area contributed by atoms with Gasteiger partial charge in [0.1, 0.15) is 0 Å². The fraction of sp³-hybridized carbons (Fsp3) is 0.455. The molecule has 0 amide bonds. The lowest BCUT2D eigenvalue weighted by molar-refractivity contribution is 0.278. The van der Waals surface area contributed by atoms with Gasteiger partial charge in [0, 0.05) is 36.3 Å². The minimum Gasteiger partial charge on any atom is -0.504 e. The quantitative estimate of drug-likeness (QED) is 0.557. The first-order chi connectivity index (χ1) is 13.6. The first-order valence-corrected chi connectivity index (χ1v) is 9.80. The molecule has 0 saturated heterocycles. The van der Waals surface area contributed by atoms with Gasteiger partial charge in [-0.25, -0.2) is 0 Å². The van der Waals surface area contributed by atoms with E-state index >= 15 is 0 Å². The van der Waals surface area contributed by atoms with Crippen molar-refractivity contribution in [2.24, 2.45) is 0 Å². The first-order valence-electron chi connectivity index (χ1n) is 9.80. The number of aromatic hydroxyl groups is 2. The van der Waals surface area contributed by atoms with Crippen molar-refractivity contribution in [2.75, 3.05) is 14.2 Å². The third kappa shape index (κ3) is 4.69. The van der Waals surface area contributed by atoms with Crippen LogP contribution in [0, 0.1) is 0 Å². The van der Waals surface area contributed by atoms with Crippen LogP contribution in [0.4, 0.5) is 0 Å². The summed E-state index contributed by atoms with van der Waals surface area (Å²) in [5, 5.41) is 27.8. The maximum atomic E-state index is 10.3. The molecule has 2 unspecified atom stereocenters.